The minimum atomic E-state index is -0.688. The van der Waals surface area contributed by atoms with Crippen LogP contribution in [0.2, 0.25) is 0 Å². The van der Waals surface area contributed by atoms with E-state index < -0.39 is 6.10 Å². The average Bonchev–Trinajstić information content (AvgIpc) is 3.11. The SMILES string of the molecule is CC(O)c1ccc(N(C)CC2CC2)c([N+](=O)[O-])c1. The number of nitrogens with zero attached hydrogens (tertiary/aromatic N) is 2. The molecule has 1 aliphatic rings. The van der Waals surface area contributed by atoms with Crippen LogP contribution in [0.4, 0.5) is 11.4 Å². The van der Waals surface area contributed by atoms with Gasteiger partial charge in [0.15, 0.2) is 0 Å². The Bertz CT molecular complexity index is 456. The zero-order chi connectivity index (χ0) is 13.3. The lowest BCUT2D eigenvalue weighted by Crippen LogP contribution is -2.21. The summed E-state index contributed by atoms with van der Waals surface area (Å²) < 4.78 is 0. The fraction of sp³-hybridized carbons (Fsp3) is 0.538. The van der Waals surface area contributed by atoms with Crippen LogP contribution in [-0.4, -0.2) is 23.6 Å². The second-order valence-electron chi connectivity index (χ2n) is 5.01. The van der Waals surface area contributed by atoms with Gasteiger partial charge in [-0.3, -0.25) is 10.1 Å². The van der Waals surface area contributed by atoms with Gasteiger partial charge in [0.2, 0.25) is 0 Å². The van der Waals surface area contributed by atoms with Gasteiger partial charge in [-0.2, -0.15) is 0 Å². The number of aliphatic hydroxyl groups excluding tert-OH is 1. The van der Waals surface area contributed by atoms with E-state index in [0.717, 1.165) is 6.54 Å². The Morgan fingerprint density at radius 2 is 2.22 bits per heavy atom. The van der Waals surface area contributed by atoms with E-state index in [1.54, 1.807) is 19.1 Å². The van der Waals surface area contributed by atoms with Crippen molar-refractivity contribution in [3.05, 3.63) is 33.9 Å². The van der Waals surface area contributed by atoms with Gasteiger partial charge < -0.3 is 10.0 Å². The van der Waals surface area contributed by atoms with Gasteiger partial charge in [0, 0.05) is 19.7 Å². The van der Waals surface area contributed by atoms with Crippen molar-refractivity contribution in [2.75, 3.05) is 18.5 Å². The normalized spacial score (nSPS) is 16.4. The van der Waals surface area contributed by atoms with Crippen LogP contribution < -0.4 is 4.90 Å². The van der Waals surface area contributed by atoms with Gasteiger partial charge in [0.05, 0.1) is 11.0 Å². The molecule has 18 heavy (non-hydrogen) atoms. The second-order valence-corrected chi connectivity index (χ2v) is 5.01. The molecule has 0 amide bonds. The highest BCUT2D eigenvalue weighted by atomic mass is 16.6. The predicted octanol–water partition coefficient (Wildman–Crippen LogP) is 2.49. The van der Waals surface area contributed by atoms with Gasteiger partial charge in [-0.15, -0.1) is 0 Å². The number of benzene rings is 1. The van der Waals surface area contributed by atoms with E-state index in [2.05, 4.69) is 0 Å². The number of nitro groups is 1. The van der Waals surface area contributed by atoms with Crippen LogP contribution in [0.5, 0.6) is 0 Å². The molecule has 5 heteroatoms. The Labute approximate surface area is 106 Å². The van der Waals surface area contributed by atoms with E-state index in [1.807, 2.05) is 11.9 Å². The molecule has 0 bridgehead atoms. The highest BCUT2D eigenvalue weighted by Crippen LogP contribution is 2.35. The topological polar surface area (TPSA) is 66.6 Å². The summed E-state index contributed by atoms with van der Waals surface area (Å²) >= 11 is 0. The molecule has 1 saturated carbocycles. The molecule has 1 unspecified atom stereocenters. The first-order valence-electron chi connectivity index (χ1n) is 6.16. The molecule has 1 fully saturated rings. The molecule has 1 atom stereocenters. The van der Waals surface area contributed by atoms with Crippen LogP contribution in [0.3, 0.4) is 0 Å². The fourth-order valence-electron chi connectivity index (χ4n) is 2.06. The van der Waals surface area contributed by atoms with E-state index in [0.29, 0.717) is 17.2 Å². The Balaban J connectivity index is 2.29. The molecule has 1 aliphatic carbocycles. The molecule has 0 heterocycles. The third kappa shape index (κ3) is 2.79. The first-order valence-corrected chi connectivity index (χ1v) is 6.16. The highest BCUT2D eigenvalue weighted by Gasteiger charge is 2.26. The first-order chi connectivity index (χ1) is 8.49. The van der Waals surface area contributed by atoms with Crippen molar-refractivity contribution in [3.63, 3.8) is 0 Å². The minimum absolute atomic E-state index is 0.0663. The summed E-state index contributed by atoms with van der Waals surface area (Å²) in [5, 5.41) is 20.6. The lowest BCUT2D eigenvalue weighted by atomic mass is 10.1. The molecular weight excluding hydrogens is 232 g/mol. The molecule has 5 nitrogen and oxygen atoms in total. The summed E-state index contributed by atoms with van der Waals surface area (Å²) in [4.78, 5) is 12.6. The quantitative estimate of drug-likeness (QED) is 0.644. The summed E-state index contributed by atoms with van der Waals surface area (Å²) in [6.07, 6.45) is 1.74. The summed E-state index contributed by atoms with van der Waals surface area (Å²) in [6, 6.07) is 4.93. The molecule has 1 aromatic carbocycles. The number of nitro benzene ring substituents is 1. The van der Waals surface area contributed by atoms with Crippen LogP contribution in [0.1, 0.15) is 31.4 Å². The van der Waals surface area contributed by atoms with Gasteiger partial charge in [0.1, 0.15) is 5.69 Å². The van der Waals surface area contributed by atoms with Crippen molar-refractivity contribution in [3.8, 4) is 0 Å². The zero-order valence-electron chi connectivity index (χ0n) is 10.7. The van der Waals surface area contributed by atoms with E-state index in [1.165, 1.54) is 18.9 Å². The van der Waals surface area contributed by atoms with Crippen molar-refractivity contribution in [1.82, 2.24) is 0 Å². The molecule has 98 valence electrons. The minimum Gasteiger partial charge on any atom is -0.389 e. The van der Waals surface area contributed by atoms with Gasteiger partial charge in [0.25, 0.3) is 5.69 Å². The molecule has 2 rings (SSSR count). The van der Waals surface area contributed by atoms with Crippen molar-refractivity contribution in [2.24, 2.45) is 5.92 Å². The van der Waals surface area contributed by atoms with Crippen LogP contribution in [0.15, 0.2) is 18.2 Å². The smallest absolute Gasteiger partial charge is 0.292 e. The van der Waals surface area contributed by atoms with E-state index in [9.17, 15) is 15.2 Å². The Kier molecular flexibility index (Phi) is 3.52. The molecule has 0 spiro atoms. The van der Waals surface area contributed by atoms with Gasteiger partial charge >= 0.3 is 0 Å². The predicted molar refractivity (Wildman–Crippen MR) is 69.7 cm³/mol. The Hall–Kier alpha value is -1.62. The summed E-state index contributed by atoms with van der Waals surface area (Å²) in [5.74, 6) is 0.672. The van der Waals surface area contributed by atoms with Crippen LogP contribution in [0.25, 0.3) is 0 Å². The number of anilines is 1. The number of aliphatic hydroxyl groups is 1. The Morgan fingerprint density at radius 1 is 1.56 bits per heavy atom. The summed E-state index contributed by atoms with van der Waals surface area (Å²) in [7, 11) is 1.88. The highest BCUT2D eigenvalue weighted by molar-refractivity contribution is 5.64. The van der Waals surface area contributed by atoms with E-state index in [-0.39, 0.29) is 10.6 Å². The lowest BCUT2D eigenvalue weighted by Gasteiger charge is -2.19. The van der Waals surface area contributed by atoms with E-state index in [4.69, 9.17) is 0 Å². The maximum Gasteiger partial charge on any atom is 0.292 e. The van der Waals surface area contributed by atoms with Gasteiger partial charge in [-0.25, -0.2) is 0 Å². The molecule has 0 radical (unpaired) electrons. The molecular formula is C13H18N2O3. The van der Waals surface area contributed by atoms with E-state index >= 15 is 0 Å². The maximum absolute atomic E-state index is 11.1. The standard InChI is InChI=1S/C13H18N2O3/c1-9(16)11-5-6-12(13(7-11)15(17)18)14(2)8-10-3-4-10/h5-7,9-10,16H,3-4,8H2,1-2H3. The van der Waals surface area contributed by atoms with Crippen LogP contribution in [0, 0.1) is 16.0 Å². The third-order valence-electron chi connectivity index (χ3n) is 3.32. The molecule has 1 N–H and O–H groups in total. The lowest BCUT2D eigenvalue weighted by molar-refractivity contribution is -0.384. The Morgan fingerprint density at radius 3 is 2.72 bits per heavy atom. The molecule has 0 saturated heterocycles. The maximum atomic E-state index is 11.1. The molecule has 0 aromatic heterocycles. The third-order valence-corrected chi connectivity index (χ3v) is 3.32. The van der Waals surface area contributed by atoms with Crippen molar-refractivity contribution in [1.29, 1.82) is 0 Å². The number of hydrogen-bond donors (Lipinski definition) is 1. The van der Waals surface area contributed by atoms with Crippen molar-refractivity contribution < 1.29 is 10.0 Å². The van der Waals surface area contributed by atoms with Gasteiger partial charge in [-0.1, -0.05) is 6.07 Å². The van der Waals surface area contributed by atoms with Crippen molar-refractivity contribution in [2.45, 2.75) is 25.9 Å². The fourth-order valence-corrected chi connectivity index (χ4v) is 2.06. The average molecular weight is 250 g/mol. The van der Waals surface area contributed by atoms with Gasteiger partial charge in [-0.05, 0) is 37.3 Å². The molecule has 0 aliphatic heterocycles. The first kappa shape index (κ1) is 12.8. The summed E-state index contributed by atoms with van der Waals surface area (Å²) in [5.41, 5.74) is 1.26. The summed E-state index contributed by atoms with van der Waals surface area (Å²) in [6.45, 7) is 2.46. The molecule has 1 aromatic rings. The number of hydrogen-bond acceptors (Lipinski definition) is 4. The van der Waals surface area contributed by atoms with Crippen molar-refractivity contribution >= 4 is 11.4 Å². The monoisotopic (exact) mass is 250 g/mol. The largest absolute Gasteiger partial charge is 0.389 e. The van der Waals surface area contributed by atoms with Crippen LogP contribution >= 0.6 is 0 Å². The second kappa shape index (κ2) is 4.94. The zero-order valence-corrected chi connectivity index (χ0v) is 10.7. The number of rotatable bonds is 5. The van der Waals surface area contributed by atoms with Crippen LogP contribution in [-0.2, 0) is 0 Å².